The van der Waals surface area contributed by atoms with E-state index in [0.717, 1.165) is 19.3 Å². The van der Waals surface area contributed by atoms with Gasteiger partial charge < -0.3 is 20.1 Å². The normalized spacial score (nSPS) is 36.1. The number of ether oxygens (including phenoxy) is 2. The van der Waals surface area contributed by atoms with Crippen molar-refractivity contribution in [3.63, 3.8) is 0 Å². The van der Waals surface area contributed by atoms with E-state index < -0.39 is 0 Å². The summed E-state index contributed by atoms with van der Waals surface area (Å²) in [6.45, 7) is 0.872. The molecule has 22 heavy (non-hydrogen) atoms. The number of nitrogens with one attached hydrogen (secondary N) is 2. The molecule has 2 amide bonds. The zero-order valence-corrected chi connectivity index (χ0v) is 12.3. The first kappa shape index (κ1) is 14.0. The average molecular weight is 304 g/mol. The minimum Gasteiger partial charge on any atom is -0.371 e. The Balaban J connectivity index is 1.34. The van der Waals surface area contributed by atoms with Crippen LogP contribution in [0, 0.1) is 5.92 Å². The number of hydrogen-bond acceptors (Lipinski definition) is 4. The molecule has 3 fully saturated rings. The van der Waals surface area contributed by atoms with E-state index in [2.05, 4.69) is 10.6 Å². The van der Waals surface area contributed by atoms with Crippen LogP contribution in [0.5, 0.6) is 0 Å². The van der Waals surface area contributed by atoms with E-state index >= 15 is 0 Å². The summed E-state index contributed by atoms with van der Waals surface area (Å²) in [7, 11) is 0. The fourth-order valence-electron chi connectivity index (χ4n) is 3.27. The van der Waals surface area contributed by atoms with Gasteiger partial charge in [0, 0.05) is 11.5 Å². The fraction of sp³-hybridized carbons (Fsp3) is 0.625. The zero-order chi connectivity index (χ0) is 15.1. The van der Waals surface area contributed by atoms with Gasteiger partial charge in [-0.3, -0.25) is 9.59 Å². The van der Waals surface area contributed by atoms with Crippen LogP contribution in [0.3, 0.4) is 0 Å². The predicted octanol–water partition coefficient (Wildman–Crippen LogP) is 0.0499. The van der Waals surface area contributed by atoms with Gasteiger partial charge in [-0.2, -0.15) is 0 Å². The summed E-state index contributed by atoms with van der Waals surface area (Å²) < 4.78 is 11.5. The molecule has 4 unspecified atom stereocenters. The molecule has 2 N–H and O–H groups in total. The first-order chi connectivity index (χ1) is 10.7. The maximum Gasteiger partial charge on any atom is 0.251 e. The lowest BCUT2D eigenvalue weighted by molar-refractivity contribution is -0.123. The van der Waals surface area contributed by atoms with Crippen molar-refractivity contribution in [3.05, 3.63) is 23.8 Å². The van der Waals surface area contributed by atoms with Crippen LogP contribution >= 0.6 is 0 Å². The van der Waals surface area contributed by atoms with Crippen molar-refractivity contribution in [2.75, 3.05) is 13.2 Å². The standard InChI is InChI=1S/C16H20N2O4/c19-15(9-3-1-2-4-9)17-11-7-21-14-12(8-22-13(11)14)18-16(20)10-5-6-10/h1,3-4,10-14H,2,5-8H2,(H,17,19)(H,18,20). The second-order valence-corrected chi connectivity index (χ2v) is 6.36. The largest absolute Gasteiger partial charge is 0.371 e. The van der Waals surface area contributed by atoms with Gasteiger partial charge in [0.2, 0.25) is 5.91 Å². The summed E-state index contributed by atoms with van der Waals surface area (Å²) in [5, 5.41) is 6.00. The average Bonchev–Trinajstić information content (AvgIpc) is 2.93. The van der Waals surface area contributed by atoms with Gasteiger partial charge in [-0.25, -0.2) is 0 Å². The van der Waals surface area contributed by atoms with Gasteiger partial charge in [0.1, 0.15) is 12.2 Å². The predicted molar refractivity (Wildman–Crippen MR) is 77.9 cm³/mol. The Hall–Kier alpha value is -1.66. The molecule has 4 rings (SSSR count). The van der Waals surface area contributed by atoms with Crippen molar-refractivity contribution in [2.45, 2.75) is 43.6 Å². The van der Waals surface area contributed by atoms with Crippen molar-refractivity contribution in [2.24, 2.45) is 5.92 Å². The monoisotopic (exact) mass is 304 g/mol. The van der Waals surface area contributed by atoms with Gasteiger partial charge in [-0.05, 0) is 19.3 Å². The van der Waals surface area contributed by atoms with Crippen molar-refractivity contribution in [3.8, 4) is 0 Å². The van der Waals surface area contributed by atoms with E-state index in [9.17, 15) is 9.59 Å². The van der Waals surface area contributed by atoms with E-state index in [1.54, 1.807) is 0 Å². The lowest BCUT2D eigenvalue weighted by atomic mass is 10.1. The summed E-state index contributed by atoms with van der Waals surface area (Å²) in [5.74, 6) is 0.195. The van der Waals surface area contributed by atoms with Crippen molar-refractivity contribution in [1.29, 1.82) is 0 Å². The Labute approximate surface area is 128 Å². The van der Waals surface area contributed by atoms with Crippen molar-refractivity contribution in [1.82, 2.24) is 10.6 Å². The van der Waals surface area contributed by atoms with E-state index in [4.69, 9.17) is 9.47 Å². The Morgan fingerprint density at radius 2 is 1.73 bits per heavy atom. The maximum atomic E-state index is 12.1. The molecule has 4 atom stereocenters. The molecule has 0 radical (unpaired) electrons. The first-order valence-corrected chi connectivity index (χ1v) is 7.93. The van der Waals surface area contributed by atoms with Crippen LogP contribution in [0.2, 0.25) is 0 Å². The summed E-state index contributed by atoms with van der Waals surface area (Å²) >= 11 is 0. The van der Waals surface area contributed by atoms with Gasteiger partial charge in [0.05, 0.1) is 25.3 Å². The molecule has 6 heteroatoms. The molecule has 2 aliphatic carbocycles. The third-order valence-electron chi connectivity index (χ3n) is 4.68. The SMILES string of the molecule is O=C(NC1COC2C(NC(=O)C3CC3)COC12)C1=CCC=C1. The molecule has 2 heterocycles. The van der Waals surface area contributed by atoms with Crippen LogP contribution < -0.4 is 10.6 Å². The van der Waals surface area contributed by atoms with Gasteiger partial charge >= 0.3 is 0 Å². The highest BCUT2D eigenvalue weighted by atomic mass is 16.6. The quantitative estimate of drug-likeness (QED) is 0.769. The highest BCUT2D eigenvalue weighted by molar-refractivity contribution is 5.97. The number of fused-ring (bicyclic) bond motifs is 1. The lowest BCUT2D eigenvalue weighted by Crippen LogP contribution is -2.47. The van der Waals surface area contributed by atoms with E-state index in [1.165, 1.54) is 0 Å². The van der Waals surface area contributed by atoms with E-state index in [-0.39, 0.29) is 42.0 Å². The number of amides is 2. The van der Waals surface area contributed by atoms with Gasteiger partial charge in [-0.15, -0.1) is 0 Å². The first-order valence-electron chi connectivity index (χ1n) is 7.93. The molecule has 0 aromatic heterocycles. The Morgan fingerprint density at radius 1 is 1.05 bits per heavy atom. The molecular weight excluding hydrogens is 284 g/mol. The van der Waals surface area contributed by atoms with Crippen molar-refractivity contribution < 1.29 is 19.1 Å². The minimum atomic E-state index is -0.181. The molecule has 0 spiro atoms. The maximum absolute atomic E-state index is 12.1. The van der Waals surface area contributed by atoms with Crippen LogP contribution in [0.1, 0.15) is 19.3 Å². The molecule has 1 saturated carbocycles. The summed E-state index contributed by atoms with van der Waals surface area (Å²) in [5.41, 5.74) is 0.694. The summed E-state index contributed by atoms with van der Waals surface area (Å²) in [4.78, 5) is 24.0. The molecule has 0 bridgehead atoms. The topological polar surface area (TPSA) is 76.7 Å². The number of hydrogen-bond donors (Lipinski definition) is 2. The van der Waals surface area contributed by atoms with Crippen LogP contribution in [-0.2, 0) is 19.1 Å². The fourth-order valence-corrected chi connectivity index (χ4v) is 3.27. The molecular formula is C16H20N2O4. The van der Waals surface area contributed by atoms with Crippen LogP contribution in [0.15, 0.2) is 23.8 Å². The summed E-state index contributed by atoms with van der Waals surface area (Å²) in [6.07, 6.45) is 8.11. The van der Waals surface area contributed by atoms with Crippen molar-refractivity contribution >= 4 is 11.8 Å². The molecule has 4 aliphatic rings. The summed E-state index contributed by atoms with van der Waals surface area (Å²) in [6, 6.07) is -0.263. The highest BCUT2D eigenvalue weighted by Gasteiger charge is 2.49. The Kier molecular flexibility index (Phi) is 3.50. The molecule has 2 saturated heterocycles. The number of carbonyl (C=O) groups is 2. The number of carbonyl (C=O) groups excluding carboxylic acids is 2. The van der Waals surface area contributed by atoms with E-state index in [0.29, 0.717) is 18.8 Å². The second-order valence-electron chi connectivity index (χ2n) is 6.36. The minimum absolute atomic E-state index is 0.0861. The molecule has 118 valence electrons. The van der Waals surface area contributed by atoms with Crippen LogP contribution in [0.4, 0.5) is 0 Å². The molecule has 0 aromatic carbocycles. The third kappa shape index (κ3) is 2.57. The third-order valence-corrected chi connectivity index (χ3v) is 4.68. The number of allylic oxidation sites excluding steroid dienone is 2. The molecule has 2 aliphatic heterocycles. The highest BCUT2D eigenvalue weighted by Crippen LogP contribution is 2.31. The molecule has 0 aromatic rings. The Bertz CT molecular complexity index is 552. The van der Waals surface area contributed by atoms with Gasteiger partial charge in [0.25, 0.3) is 5.91 Å². The Morgan fingerprint density at radius 3 is 2.32 bits per heavy atom. The lowest BCUT2D eigenvalue weighted by Gasteiger charge is -2.18. The van der Waals surface area contributed by atoms with Gasteiger partial charge in [0.15, 0.2) is 0 Å². The molecule has 6 nitrogen and oxygen atoms in total. The second kappa shape index (κ2) is 5.52. The van der Waals surface area contributed by atoms with E-state index in [1.807, 2.05) is 18.2 Å². The van der Waals surface area contributed by atoms with Crippen LogP contribution in [-0.4, -0.2) is 49.3 Å². The van der Waals surface area contributed by atoms with Crippen LogP contribution in [0.25, 0.3) is 0 Å². The zero-order valence-electron chi connectivity index (χ0n) is 12.3. The van der Waals surface area contributed by atoms with Gasteiger partial charge in [-0.1, -0.05) is 18.2 Å². The number of rotatable bonds is 4. The smallest absolute Gasteiger partial charge is 0.251 e.